The molecule has 0 aromatic heterocycles. The third-order valence-corrected chi connectivity index (χ3v) is 9.62. The Morgan fingerprint density at radius 2 is 1.50 bits per heavy atom. The predicted molar refractivity (Wildman–Crippen MR) is 91.7 cm³/mol. The zero-order valence-electron chi connectivity index (χ0n) is 13.3. The summed E-state index contributed by atoms with van der Waals surface area (Å²) in [6.45, 7) is 6.92. The topological polar surface area (TPSA) is 26.3 Å². The number of hydrogen-bond acceptors (Lipinski definition) is 2. The highest BCUT2D eigenvalue weighted by molar-refractivity contribution is 6.91. The predicted octanol–water partition coefficient (Wildman–Crippen LogP) is 3.91. The zero-order chi connectivity index (χ0) is 15.7. The van der Waals surface area contributed by atoms with Crippen LogP contribution in [0.25, 0.3) is 0 Å². The number of esters is 1. The van der Waals surface area contributed by atoms with E-state index in [1.807, 2.05) is 36.4 Å². The highest BCUT2D eigenvalue weighted by Crippen LogP contribution is 2.47. The molecule has 2 aromatic rings. The van der Waals surface area contributed by atoms with Gasteiger partial charge in [-0.3, -0.25) is 4.79 Å². The number of ether oxygens (including phenoxy) is 1. The molecule has 1 aliphatic heterocycles. The first-order valence-electron chi connectivity index (χ1n) is 7.83. The van der Waals surface area contributed by atoms with Crippen LogP contribution in [-0.2, 0) is 9.53 Å². The van der Waals surface area contributed by atoms with Gasteiger partial charge >= 0.3 is 5.97 Å². The molecule has 1 heterocycles. The molecule has 0 spiro atoms. The summed E-state index contributed by atoms with van der Waals surface area (Å²) in [5, 5.41) is 1.40. The van der Waals surface area contributed by atoms with E-state index in [4.69, 9.17) is 4.74 Å². The molecule has 2 nitrogen and oxygen atoms in total. The van der Waals surface area contributed by atoms with E-state index in [0.717, 1.165) is 5.56 Å². The molecule has 1 aliphatic rings. The van der Waals surface area contributed by atoms with Gasteiger partial charge in [-0.25, -0.2) is 0 Å². The van der Waals surface area contributed by atoms with E-state index in [0.29, 0.717) is 5.54 Å². The smallest absolute Gasteiger partial charge is 0.313 e. The second-order valence-electron chi connectivity index (χ2n) is 6.67. The van der Waals surface area contributed by atoms with E-state index in [-0.39, 0.29) is 18.0 Å². The molecule has 1 saturated heterocycles. The SMILES string of the molecule is C[C@@H]([C@H]1C(=O)O[C@@H]1c1ccccc1)[Si](C)(C)c1ccccc1. The first-order chi connectivity index (χ1) is 10.5. The maximum atomic E-state index is 12.1. The number of cyclic esters (lactones) is 1. The summed E-state index contributed by atoms with van der Waals surface area (Å²) >= 11 is 0. The standard InChI is InChI=1S/C19H22O2Si/c1-14(22(2,3)16-12-8-5-9-13-16)17-18(21-19(17)20)15-10-6-4-7-11-15/h4-14,17-18H,1-3H3/t14-,17+,18+/m0/s1. The van der Waals surface area contributed by atoms with Gasteiger partial charge in [-0.15, -0.1) is 0 Å². The molecule has 22 heavy (non-hydrogen) atoms. The Hall–Kier alpha value is -1.87. The highest BCUT2D eigenvalue weighted by Gasteiger charge is 2.51. The third kappa shape index (κ3) is 2.50. The average molecular weight is 310 g/mol. The van der Waals surface area contributed by atoms with Crippen molar-refractivity contribution in [1.29, 1.82) is 0 Å². The molecule has 3 heteroatoms. The second-order valence-corrected chi connectivity index (χ2v) is 11.6. The molecule has 1 fully saturated rings. The van der Waals surface area contributed by atoms with Crippen LogP contribution < -0.4 is 5.19 Å². The van der Waals surface area contributed by atoms with E-state index >= 15 is 0 Å². The fraction of sp³-hybridized carbons (Fsp3) is 0.316. The number of benzene rings is 2. The lowest BCUT2D eigenvalue weighted by molar-refractivity contribution is -0.186. The first kappa shape index (κ1) is 15.0. The lowest BCUT2D eigenvalue weighted by atomic mass is 9.88. The summed E-state index contributed by atoms with van der Waals surface area (Å²) in [6.07, 6.45) is -0.0841. The zero-order valence-corrected chi connectivity index (χ0v) is 14.3. The molecular formula is C19H22O2Si. The van der Waals surface area contributed by atoms with Gasteiger partial charge in [0.05, 0.1) is 14.0 Å². The summed E-state index contributed by atoms with van der Waals surface area (Å²) in [7, 11) is -1.73. The summed E-state index contributed by atoms with van der Waals surface area (Å²) in [5.74, 6) is -0.0675. The van der Waals surface area contributed by atoms with Crippen molar-refractivity contribution in [2.24, 2.45) is 5.92 Å². The maximum Gasteiger partial charge on any atom is 0.313 e. The molecule has 0 radical (unpaired) electrons. The third-order valence-electron chi connectivity index (χ3n) is 5.16. The van der Waals surface area contributed by atoms with Gasteiger partial charge in [-0.05, 0) is 11.1 Å². The van der Waals surface area contributed by atoms with Crippen LogP contribution in [-0.4, -0.2) is 14.0 Å². The maximum absolute atomic E-state index is 12.1. The number of carbonyl (C=O) groups excluding carboxylic acids is 1. The normalized spacial score (nSPS) is 22.6. The van der Waals surface area contributed by atoms with Crippen LogP contribution in [0.2, 0.25) is 18.6 Å². The quantitative estimate of drug-likeness (QED) is 0.632. The molecule has 114 valence electrons. The van der Waals surface area contributed by atoms with Gasteiger partial charge in [-0.1, -0.05) is 85.9 Å². The molecule has 3 rings (SSSR count). The minimum atomic E-state index is -1.73. The molecular weight excluding hydrogens is 288 g/mol. The van der Waals surface area contributed by atoms with E-state index < -0.39 is 8.07 Å². The lowest BCUT2D eigenvalue weighted by Gasteiger charge is -2.44. The molecule has 2 aromatic carbocycles. The minimum Gasteiger partial charge on any atom is -0.456 e. The average Bonchev–Trinajstić information content (AvgIpc) is 2.54. The van der Waals surface area contributed by atoms with Crippen molar-refractivity contribution in [2.45, 2.75) is 31.7 Å². The van der Waals surface area contributed by atoms with Gasteiger partial charge in [0.1, 0.15) is 6.10 Å². The van der Waals surface area contributed by atoms with Crippen LogP contribution in [0.1, 0.15) is 18.6 Å². The molecule has 0 N–H and O–H groups in total. The Bertz CT molecular complexity index is 652. The van der Waals surface area contributed by atoms with Crippen molar-refractivity contribution in [2.75, 3.05) is 0 Å². The van der Waals surface area contributed by atoms with Crippen LogP contribution in [0, 0.1) is 5.92 Å². The van der Waals surface area contributed by atoms with Crippen LogP contribution in [0.15, 0.2) is 60.7 Å². The number of carbonyl (C=O) groups is 1. The molecule has 0 saturated carbocycles. The fourth-order valence-corrected chi connectivity index (χ4v) is 6.08. The number of rotatable bonds is 4. The van der Waals surface area contributed by atoms with Crippen molar-refractivity contribution < 1.29 is 9.53 Å². The van der Waals surface area contributed by atoms with Crippen molar-refractivity contribution in [3.05, 3.63) is 66.2 Å². The molecule has 0 bridgehead atoms. The Morgan fingerprint density at radius 3 is 2.05 bits per heavy atom. The first-order valence-corrected chi connectivity index (χ1v) is 10.9. The van der Waals surface area contributed by atoms with Gasteiger partial charge < -0.3 is 4.74 Å². The van der Waals surface area contributed by atoms with Crippen molar-refractivity contribution >= 4 is 19.2 Å². The Labute approximate surface area is 133 Å². The Kier molecular flexibility index (Phi) is 3.91. The van der Waals surface area contributed by atoms with Gasteiger partial charge in [0, 0.05) is 0 Å². The molecule has 0 unspecified atom stereocenters. The summed E-state index contributed by atoms with van der Waals surface area (Å²) < 4.78 is 5.47. The second kappa shape index (κ2) is 5.73. The monoisotopic (exact) mass is 310 g/mol. The number of hydrogen-bond donors (Lipinski definition) is 0. The summed E-state index contributed by atoms with van der Waals surface area (Å²) in [5.41, 5.74) is 1.44. The fourth-order valence-electron chi connectivity index (χ4n) is 3.29. The lowest BCUT2D eigenvalue weighted by Crippen LogP contribution is -2.53. The Morgan fingerprint density at radius 1 is 0.955 bits per heavy atom. The molecule has 0 amide bonds. The summed E-state index contributed by atoms with van der Waals surface area (Å²) in [4.78, 5) is 12.1. The van der Waals surface area contributed by atoms with Gasteiger partial charge in [0.15, 0.2) is 0 Å². The van der Waals surface area contributed by atoms with Crippen molar-refractivity contribution in [3.8, 4) is 0 Å². The summed E-state index contributed by atoms with van der Waals surface area (Å²) in [6, 6.07) is 20.7. The highest BCUT2D eigenvalue weighted by atomic mass is 28.3. The largest absolute Gasteiger partial charge is 0.456 e. The van der Waals surface area contributed by atoms with Crippen LogP contribution >= 0.6 is 0 Å². The van der Waals surface area contributed by atoms with Crippen LogP contribution in [0.5, 0.6) is 0 Å². The van der Waals surface area contributed by atoms with E-state index in [2.05, 4.69) is 44.3 Å². The molecule has 0 aliphatic carbocycles. The van der Waals surface area contributed by atoms with Crippen molar-refractivity contribution in [3.63, 3.8) is 0 Å². The Balaban J connectivity index is 1.87. The van der Waals surface area contributed by atoms with E-state index in [9.17, 15) is 4.79 Å². The minimum absolute atomic E-state index is 0.0238. The van der Waals surface area contributed by atoms with E-state index in [1.165, 1.54) is 5.19 Å². The van der Waals surface area contributed by atoms with Crippen LogP contribution in [0.4, 0.5) is 0 Å². The van der Waals surface area contributed by atoms with Crippen molar-refractivity contribution in [1.82, 2.24) is 0 Å². The molecule has 3 atom stereocenters. The van der Waals surface area contributed by atoms with Gasteiger partial charge in [-0.2, -0.15) is 0 Å². The van der Waals surface area contributed by atoms with Crippen LogP contribution in [0.3, 0.4) is 0 Å². The van der Waals surface area contributed by atoms with Gasteiger partial charge in [0.25, 0.3) is 0 Å². The van der Waals surface area contributed by atoms with E-state index in [1.54, 1.807) is 0 Å². The van der Waals surface area contributed by atoms with Gasteiger partial charge in [0.2, 0.25) is 0 Å².